The summed E-state index contributed by atoms with van der Waals surface area (Å²) >= 11 is 0. The van der Waals surface area contributed by atoms with E-state index in [0.29, 0.717) is 23.0 Å². The average Bonchev–Trinajstić information content (AvgIpc) is 3.30. The van der Waals surface area contributed by atoms with E-state index in [2.05, 4.69) is 26.6 Å². The predicted octanol–water partition coefficient (Wildman–Crippen LogP) is 2.58. The molecule has 1 heterocycles. The van der Waals surface area contributed by atoms with Crippen molar-refractivity contribution in [2.45, 2.75) is 25.5 Å². The third-order valence-electron chi connectivity index (χ3n) is 5.52. The number of aliphatic imine (C=N–C) groups is 1. The smallest absolute Gasteiger partial charge is 0.191 e. The lowest BCUT2D eigenvalue weighted by Gasteiger charge is -2.22. The molecule has 0 radical (unpaired) electrons. The predicted molar refractivity (Wildman–Crippen MR) is 127 cm³/mol. The maximum Gasteiger partial charge on any atom is 0.191 e. The zero-order chi connectivity index (χ0) is 22.9. The number of para-hydroxylation sites is 2. The summed E-state index contributed by atoms with van der Waals surface area (Å²) < 4.78 is 16.2. The third-order valence-corrected chi connectivity index (χ3v) is 5.52. The maximum atomic E-state index is 10.8. The Morgan fingerprint density at radius 3 is 2.62 bits per heavy atom. The van der Waals surface area contributed by atoms with E-state index in [4.69, 9.17) is 14.2 Å². The summed E-state index contributed by atoms with van der Waals surface area (Å²) in [6.45, 7) is 4.72. The molecule has 3 rings (SSSR count). The van der Waals surface area contributed by atoms with Gasteiger partial charge in [0.05, 0.1) is 33.6 Å². The molecule has 1 fully saturated rings. The number of guanidine groups is 1. The lowest BCUT2D eigenvalue weighted by molar-refractivity contribution is 0.182. The number of hydrogen-bond donors (Lipinski definition) is 3. The summed E-state index contributed by atoms with van der Waals surface area (Å²) in [7, 11) is 4.88. The first-order valence-corrected chi connectivity index (χ1v) is 10.9. The lowest BCUT2D eigenvalue weighted by Crippen LogP contribution is -2.44. The monoisotopic (exact) mass is 442 g/mol. The van der Waals surface area contributed by atoms with Crippen molar-refractivity contribution in [2.75, 3.05) is 52.4 Å². The van der Waals surface area contributed by atoms with E-state index < -0.39 is 6.10 Å². The van der Waals surface area contributed by atoms with E-state index in [0.717, 1.165) is 37.5 Å². The van der Waals surface area contributed by atoms with Gasteiger partial charge in [-0.3, -0.25) is 4.99 Å². The number of benzene rings is 2. The molecule has 0 bridgehead atoms. The van der Waals surface area contributed by atoms with Gasteiger partial charge in [-0.2, -0.15) is 0 Å². The molecule has 1 saturated heterocycles. The van der Waals surface area contributed by atoms with Gasteiger partial charge >= 0.3 is 0 Å². The summed E-state index contributed by atoms with van der Waals surface area (Å²) in [5, 5.41) is 17.5. The van der Waals surface area contributed by atoms with Crippen LogP contribution in [0.25, 0.3) is 0 Å². The number of anilines is 1. The van der Waals surface area contributed by atoms with Crippen LogP contribution in [0.3, 0.4) is 0 Å². The van der Waals surface area contributed by atoms with Crippen LogP contribution in [0.2, 0.25) is 0 Å². The molecule has 2 aromatic carbocycles. The van der Waals surface area contributed by atoms with Crippen LogP contribution >= 0.6 is 0 Å². The first-order valence-electron chi connectivity index (χ1n) is 10.9. The highest BCUT2D eigenvalue weighted by molar-refractivity contribution is 5.80. The van der Waals surface area contributed by atoms with Crippen LogP contribution in [0.4, 0.5) is 5.69 Å². The van der Waals surface area contributed by atoms with Crippen LogP contribution in [-0.2, 0) is 0 Å². The van der Waals surface area contributed by atoms with Gasteiger partial charge < -0.3 is 34.9 Å². The van der Waals surface area contributed by atoms with E-state index in [-0.39, 0.29) is 12.6 Å². The number of nitrogens with one attached hydrogen (secondary N) is 2. The van der Waals surface area contributed by atoms with Crippen molar-refractivity contribution >= 4 is 11.6 Å². The number of aliphatic hydroxyl groups is 1. The molecule has 8 nitrogen and oxygen atoms in total. The minimum Gasteiger partial charge on any atom is -0.497 e. The van der Waals surface area contributed by atoms with Gasteiger partial charge in [0.1, 0.15) is 23.4 Å². The molecule has 0 aliphatic carbocycles. The van der Waals surface area contributed by atoms with Crippen molar-refractivity contribution in [3.63, 3.8) is 0 Å². The summed E-state index contributed by atoms with van der Waals surface area (Å²) in [6, 6.07) is 13.7. The van der Waals surface area contributed by atoms with Crippen LogP contribution in [0.5, 0.6) is 17.2 Å². The number of aliphatic hydroxyl groups excluding tert-OH is 1. The number of methoxy groups -OCH3 is 3. The van der Waals surface area contributed by atoms with Crippen LogP contribution in [0.1, 0.15) is 25.0 Å². The second kappa shape index (κ2) is 11.5. The van der Waals surface area contributed by atoms with Gasteiger partial charge in [-0.1, -0.05) is 12.1 Å². The Hall–Kier alpha value is -3.13. The molecule has 2 atom stereocenters. The molecule has 1 aliphatic heterocycles. The number of rotatable bonds is 9. The van der Waals surface area contributed by atoms with E-state index in [1.165, 1.54) is 0 Å². The van der Waals surface area contributed by atoms with Gasteiger partial charge in [0.2, 0.25) is 0 Å². The Kier molecular flexibility index (Phi) is 8.44. The fraction of sp³-hybridized carbons (Fsp3) is 0.458. The molecule has 3 N–H and O–H groups in total. The fourth-order valence-corrected chi connectivity index (χ4v) is 3.88. The summed E-state index contributed by atoms with van der Waals surface area (Å²) in [4.78, 5) is 6.94. The van der Waals surface area contributed by atoms with E-state index in [9.17, 15) is 5.11 Å². The normalized spacial score (nSPS) is 17.1. The molecule has 32 heavy (non-hydrogen) atoms. The topological polar surface area (TPSA) is 87.6 Å². The highest BCUT2D eigenvalue weighted by Gasteiger charge is 2.25. The van der Waals surface area contributed by atoms with Crippen LogP contribution in [-0.4, -0.2) is 64.6 Å². The number of ether oxygens (including phenoxy) is 3. The summed E-state index contributed by atoms with van der Waals surface area (Å²) in [5.74, 6) is 2.83. The van der Waals surface area contributed by atoms with Crippen molar-refractivity contribution < 1.29 is 19.3 Å². The molecule has 1 aliphatic rings. The minimum absolute atomic E-state index is 0.196. The van der Waals surface area contributed by atoms with Gasteiger partial charge in [0.25, 0.3) is 0 Å². The van der Waals surface area contributed by atoms with Crippen molar-refractivity contribution in [2.24, 2.45) is 4.99 Å². The molecule has 2 aromatic rings. The number of nitrogens with zero attached hydrogens (tertiary/aromatic N) is 2. The summed E-state index contributed by atoms with van der Waals surface area (Å²) in [5.41, 5.74) is 1.75. The Morgan fingerprint density at radius 2 is 1.91 bits per heavy atom. The largest absolute Gasteiger partial charge is 0.497 e. The van der Waals surface area contributed by atoms with Crippen LogP contribution in [0.15, 0.2) is 47.5 Å². The average molecular weight is 443 g/mol. The van der Waals surface area contributed by atoms with E-state index >= 15 is 0 Å². The molecule has 8 heteroatoms. The van der Waals surface area contributed by atoms with Gasteiger partial charge in [0, 0.05) is 31.2 Å². The van der Waals surface area contributed by atoms with Crippen molar-refractivity contribution in [3.05, 3.63) is 48.0 Å². The first kappa shape index (κ1) is 23.5. The van der Waals surface area contributed by atoms with Crippen molar-refractivity contribution in [1.82, 2.24) is 10.6 Å². The zero-order valence-electron chi connectivity index (χ0n) is 19.3. The Bertz CT molecular complexity index is 905. The highest BCUT2D eigenvalue weighted by Crippen LogP contribution is 2.31. The Morgan fingerprint density at radius 1 is 1.12 bits per heavy atom. The molecule has 174 valence electrons. The first-order chi connectivity index (χ1) is 15.6. The van der Waals surface area contributed by atoms with Crippen LogP contribution in [0, 0.1) is 0 Å². The molecular formula is C24H34N4O4. The van der Waals surface area contributed by atoms with Gasteiger partial charge in [-0.15, -0.1) is 0 Å². The third kappa shape index (κ3) is 5.76. The fourth-order valence-electron chi connectivity index (χ4n) is 3.88. The molecule has 2 unspecified atom stereocenters. The minimum atomic E-state index is -0.816. The standard InChI is InChI=1S/C24H34N4O4/c1-5-25-24(26-15-21(29)19-14-18(30-2)10-11-22(19)31-3)27-17-12-13-28(16-17)20-8-6-7-9-23(20)32-4/h6-11,14,17,21,29H,5,12-13,15-16H2,1-4H3,(H2,25,26,27). The maximum absolute atomic E-state index is 10.8. The summed E-state index contributed by atoms with van der Waals surface area (Å²) in [6.07, 6.45) is 0.165. The van der Waals surface area contributed by atoms with Gasteiger partial charge in [0.15, 0.2) is 5.96 Å². The molecule has 0 saturated carbocycles. The second-order valence-electron chi connectivity index (χ2n) is 7.59. The highest BCUT2D eigenvalue weighted by atomic mass is 16.5. The second-order valence-corrected chi connectivity index (χ2v) is 7.59. The molecular weight excluding hydrogens is 408 g/mol. The Labute approximate surface area is 190 Å². The molecule has 0 aromatic heterocycles. The van der Waals surface area contributed by atoms with Crippen molar-refractivity contribution in [3.8, 4) is 17.2 Å². The van der Waals surface area contributed by atoms with Gasteiger partial charge in [-0.25, -0.2) is 0 Å². The van der Waals surface area contributed by atoms with E-state index in [1.54, 1.807) is 39.5 Å². The van der Waals surface area contributed by atoms with Gasteiger partial charge in [-0.05, 0) is 43.7 Å². The lowest BCUT2D eigenvalue weighted by atomic mass is 10.1. The van der Waals surface area contributed by atoms with Crippen LogP contribution < -0.4 is 29.7 Å². The Balaban J connectivity index is 1.66. The zero-order valence-corrected chi connectivity index (χ0v) is 19.3. The van der Waals surface area contributed by atoms with Crippen molar-refractivity contribution in [1.29, 1.82) is 0 Å². The molecule has 0 amide bonds. The quantitative estimate of drug-likeness (QED) is 0.406. The van der Waals surface area contributed by atoms with E-state index in [1.807, 2.05) is 25.1 Å². The molecule has 0 spiro atoms. The number of hydrogen-bond acceptors (Lipinski definition) is 6. The SMILES string of the molecule is CCNC(=NCC(O)c1cc(OC)ccc1OC)NC1CCN(c2ccccc2OC)C1.